The Labute approximate surface area is 121 Å². The zero-order valence-corrected chi connectivity index (χ0v) is 12.9. The average molecular weight is 272 g/mol. The summed E-state index contributed by atoms with van der Waals surface area (Å²) < 4.78 is 7.37. The predicted molar refractivity (Wildman–Crippen MR) is 83.6 cm³/mol. The molecular formula is C17H24N2O. The Bertz CT molecular complexity index is 572. The lowest BCUT2D eigenvalue weighted by Gasteiger charge is -2.11. The highest BCUT2D eigenvalue weighted by Gasteiger charge is 2.10. The third-order valence-corrected chi connectivity index (χ3v) is 3.59. The molecule has 0 aliphatic rings. The van der Waals surface area contributed by atoms with Crippen molar-refractivity contribution in [2.75, 3.05) is 20.3 Å². The minimum atomic E-state index is 0.747. The summed E-state index contributed by atoms with van der Waals surface area (Å²) in [5, 5.41) is 3.41. The second-order valence-electron chi connectivity index (χ2n) is 5.24. The van der Waals surface area contributed by atoms with E-state index in [1.54, 1.807) is 7.11 Å². The molecule has 1 heterocycles. The molecule has 0 radical (unpaired) electrons. The summed E-state index contributed by atoms with van der Waals surface area (Å²) in [5.41, 5.74) is 6.45. The monoisotopic (exact) mass is 272 g/mol. The second-order valence-corrected chi connectivity index (χ2v) is 5.24. The largest absolute Gasteiger partial charge is 0.383 e. The molecule has 1 aromatic carbocycles. The van der Waals surface area contributed by atoms with Crippen LogP contribution in [-0.2, 0) is 11.3 Å². The normalized spacial score (nSPS) is 11.0. The molecule has 0 unspecified atom stereocenters. The maximum atomic E-state index is 5.05. The highest BCUT2D eigenvalue weighted by Crippen LogP contribution is 2.21. The van der Waals surface area contributed by atoms with E-state index in [0.717, 1.165) is 19.7 Å². The molecule has 3 nitrogen and oxygen atoms in total. The van der Waals surface area contributed by atoms with Gasteiger partial charge in [0.25, 0.3) is 0 Å². The van der Waals surface area contributed by atoms with Gasteiger partial charge in [0.2, 0.25) is 0 Å². The van der Waals surface area contributed by atoms with E-state index in [1.165, 1.54) is 28.2 Å². The van der Waals surface area contributed by atoms with Crippen molar-refractivity contribution in [2.24, 2.45) is 0 Å². The topological polar surface area (TPSA) is 26.2 Å². The fourth-order valence-corrected chi connectivity index (χ4v) is 2.57. The molecule has 0 bridgehead atoms. The van der Waals surface area contributed by atoms with Crippen molar-refractivity contribution in [3.05, 3.63) is 52.8 Å². The molecule has 3 heteroatoms. The van der Waals surface area contributed by atoms with E-state index in [-0.39, 0.29) is 0 Å². The van der Waals surface area contributed by atoms with Crippen LogP contribution in [0.4, 0.5) is 0 Å². The number of aromatic nitrogens is 1. The van der Waals surface area contributed by atoms with E-state index in [9.17, 15) is 0 Å². The van der Waals surface area contributed by atoms with E-state index in [4.69, 9.17) is 4.74 Å². The average Bonchev–Trinajstić information content (AvgIpc) is 2.70. The fraction of sp³-hybridized carbons (Fsp3) is 0.412. The van der Waals surface area contributed by atoms with Crippen LogP contribution in [0.5, 0.6) is 0 Å². The third kappa shape index (κ3) is 3.30. The summed E-state index contributed by atoms with van der Waals surface area (Å²) >= 11 is 0. The zero-order valence-electron chi connectivity index (χ0n) is 12.9. The Morgan fingerprint density at radius 2 is 1.95 bits per heavy atom. The van der Waals surface area contributed by atoms with Crippen molar-refractivity contribution >= 4 is 0 Å². The van der Waals surface area contributed by atoms with Crippen LogP contribution in [-0.4, -0.2) is 24.8 Å². The van der Waals surface area contributed by atoms with Gasteiger partial charge in [-0.1, -0.05) is 12.1 Å². The van der Waals surface area contributed by atoms with Gasteiger partial charge in [-0.15, -0.1) is 0 Å². The number of hydrogen-bond donors (Lipinski definition) is 1. The van der Waals surface area contributed by atoms with E-state index in [2.05, 4.69) is 61.0 Å². The summed E-state index contributed by atoms with van der Waals surface area (Å²) in [6.45, 7) is 8.98. The minimum absolute atomic E-state index is 0.747. The Kier molecular flexibility index (Phi) is 4.99. The van der Waals surface area contributed by atoms with Gasteiger partial charge in [-0.2, -0.15) is 0 Å². The molecule has 0 aliphatic heterocycles. The summed E-state index contributed by atoms with van der Waals surface area (Å²) in [5.74, 6) is 0. The minimum Gasteiger partial charge on any atom is -0.383 e. The van der Waals surface area contributed by atoms with Gasteiger partial charge in [-0.25, -0.2) is 0 Å². The molecule has 1 aromatic heterocycles. The van der Waals surface area contributed by atoms with Crippen molar-refractivity contribution < 1.29 is 4.74 Å². The summed E-state index contributed by atoms with van der Waals surface area (Å²) in [7, 11) is 1.73. The molecular weight excluding hydrogens is 248 g/mol. The number of benzene rings is 1. The molecule has 2 aromatic rings. The van der Waals surface area contributed by atoms with E-state index < -0.39 is 0 Å². The molecule has 0 spiro atoms. The number of rotatable bonds is 6. The molecule has 2 rings (SSSR count). The lowest BCUT2D eigenvalue weighted by Crippen LogP contribution is -2.18. The van der Waals surface area contributed by atoms with Crippen molar-refractivity contribution in [3.63, 3.8) is 0 Å². The van der Waals surface area contributed by atoms with E-state index in [0.29, 0.717) is 0 Å². The summed E-state index contributed by atoms with van der Waals surface area (Å²) in [6, 6.07) is 10.9. The van der Waals surface area contributed by atoms with Crippen LogP contribution in [0.1, 0.15) is 22.5 Å². The molecule has 1 N–H and O–H groups in total. The molecule has 0 aliphatic carbocycles. The number of aryl methyl sites for hydroxylation is 2. The van der Waals surface area contributed by atoms with Crippen LogP contribution in [0, 0.1) is 20.8 Å². The van der Waals surface area contributed by atoms with Crippen molar-refractivity contribution in [1.29, 1.82) is 0 Å². The van der Waals surface area contributed by atoms with Crippen molar-refractivity contribution in [2.45, 2.75) is 27.3 Å². The zero-order chi connectivity index (χ0) is 14.5. The van der Waals surface area contributed by atoms with Gasteiger partial charge in [-0.05, 0) is 50.1 Å². The van der Waals surface area contributed by atoms with Crippen LogP contribution in [0.15, 0.2) is 30.3 Å². The summed E-state index contributed by atoms with van der Waals surface area (Å²) in [6.07, 6.45) is 0. The van der Waals surface area contributed by atoms with Gasteiger partial charge in [0.15, 0.2) is 0 Å². The lowest BCUT2D eigenvalue weighted by molar-refractivity contribution is 0.199. The van der Waals surface area contributed by atoms with Crippen molar-refractivity contribution in [3.8, 4) is 5.69 Å². The van der Waals surface area contributed by atoms with Crippen LogP contribution in [0.2, 0.25) is 0 Å². The first-order valence-electron chi connectivity index (χ1n) is 7.08. The van der Waals surface area contributed by atoms with Gasteiger partial charge in [0.05, 0.1) is 6.61 Å². The van der Waals surface area contributed by atoms with Gasteiger partial charge in [0, 0.05) is 37.3 Å². The van der Waals surface area contributed by atoms with Gasteiger partial charge in [0.1, 0.15) is 0 Å². The first-order valence-corrected chi connectivity index (χ1v) is 7.08. The standard InChI is InChI=1S/C17H24N2O/c1-13-6-5-7-17(10-13)19-14(2)11-16(15(19)3)12-18-8-9-20-4/h5-7,10-11,18H,8-9,12H2,1-4H3. The maximum absolute atomic E-state index is 5.05. The first kappa shape index (κ1) is 14.8. The number of ether oxygens (including phenoxy) is 1. The number of methoxy groups -OCH3 is 1. The van der Waals surface area contributed by atoms with Crippen LogP contribution in [0.25, 0.3) is 5.69 Å². The molecule has 0 saturated carbocycles. The number of nitrogens with zero attached hydrogens (tertiary/aromatic N) is 1. The smallest absolute Gasteiger partial charge is 0.0587 e. The van der Waals surface area contributed by atoms with Crippen molar-refractivity contribution in [1.82, 2.24) is 9.88 Å². The molecule has 20 heavy (non-hydrogen) atoms. The van der Waals surface area contributed by atoms with Crippen LogP contribution >= 0.6 is 0 Å². The van der Waals surface area contributed by atoms with Crippen LogP contribution < -0.4 is 5.32 Å². The second kappa shape index (κ2) is 6.73. The first-order chi connectivity index (χ1) is 9.63. The highest BCUT2D eigenvalue weighted by molar-refractivity contribution is 5.42. The Balaban J connectivity index is 2.20. The molecule has 0 fully saturated rings. The Morgan fingerprint density at radius 3 is 2.65 bits per heavy atom. The number of nitrogens with one attached hydrogen (secondary N) is 1. The number of hydrogen-bond acceptors (Lipinski definition) is 2. The molecule has 0 amide bonds. The van der Waals surface area contributed by atoms with E-state index >= 15 is 0 Å². The van der Waals surface area contributed by atoms with E-state index in [1.807, 2.05) is 0 Å². The fourth-order valence-electron chi connectivity index (χ4n) is 2.57. The maximum Gasteiger partial charge on any atom is 0.0587 e. The SMILES string of the molecule is COCCNCc1cc(C)n(-c2cccc(C)c2)c1C. The van der Waals surface area contributed by atoms with Crippen LogP contribution in [0.3, 0.4) is 0 Å². The molecule has 108 valence electrons. The quantitative estimate of drug-likeness (QED) is 0.818. The molecule has 0 atom stereocenters. The van der Waals surface area contributed by atoms with Gasteiger partial charge >= 0.3 is 0 Å². The lowest BCUT2D eigenvalue weighted by atomic mass is 10.2. The molecule has 0 saturated heterocycles. The van der Waals surface area contributed by atoms with Gasteiger partial charge in [-0.3, -0.25) is 0 Å². The summed E-state index contributed by atoms with van der Waals surface area (Å²) in [4.78, 5) is 0. The van der Waals surface area contributed by atoms with Gasteiger partial charge < -0.3 is 14.6 Å². The highest BCUT2D eigenvalue weighted by atomic mass is 16.5. The predicted octanol–water partition coefficient (Wildman–Crippen LogP) is 3.14. The third-order valence-electron chi connectivity index (χ3n) is 3.59. The Hall–Kier alpha value is -1.58. The Morgan fingerprint density at radius 1 is 1.15 bits per heavy atom.